The molecule has 1 aromatic rings. The second-order valence-electron chi connectivity index (χ2n) is 5.86. The van der Waals surface area contributed by atoms with Crippen molar-refractivity contribution in [1.82, 2.24) is 4.90 Å². The number of rotatable bonds is 3. The summed E-state index contributed by atoms with van der Waals surface area (Å²) >= 11 is 7.27. The molecule has 1 N–H and O–H groups in total. The average molecular weight is 330 g/mol. The molecule has 2 atom stereocenters. The smallest absolute Gasteiger partial charge is 0.254 e. The fraction of sp³-hybridized carbons (Fsp3) is 0.667. The van der Waals surface area contributed by atoms with Crippen LogP contribution in [0.1, 0.15) is 36.5 Å². The number of hydrogen-bond donors (Lipinski definition) is 1. The minimum atomic E-state index is -0.290. The third kappa shape index (κ3) is 2.61. The first-order chi connectivity index (χ1) is 10.1. The Kier molecular flexibility index (Phi) is 4.28. The predicted octanol–water partition coefficient (Wildman–Crippen LogP) is 2.79. The number of hydrogen-bond acceptors (Lipinski definition) is 4. The zero-order valence-electron chi connectivity index (χ0n) is 12.0. The summed E-state index contributed by atoms with van der Waals surface area (Å²) in [5, 5.41) is 12.0. The van der Waals surface area contributed by atoms with E-state index in [2.05, 4.69) is 0 Å². The first kappa shape index (κ1) is 15.3. The molecule has 4 nitrogen and oxygen atoms in total. The third-order valence-corrected chi connectivity index (χ3v) is 6.00. The maximum Gasteiger partial charge on any atom is 0.254 e. The number of carbonyl (C=O) groups is 1. The Morgan fingerprint density at radius 1 is 1.57 bits per heavy atom. The summed E-state index contributed by atoms with van der Waals surface area (Å²) in [7, 11) is 0. The molecule has 2 heterocycles. The van der Waals surface area contributed by atoms with E-state index in [9.17, 15) is 9.90 Å². The van der Waals surface area contributed by atoms with Gasteiger partial charge in [0, 0.05) is 36.9 Å². The molecule has 1 aliphatic carbocycles. The fourth-order valence-electron chi connectivity index (χ4n) is 3.55. The first-order valence-corrected chi connectivity index (χ1v) is 8.65. The molecule has 2 fully saturated rings. The molecule has 0 radical (unpaired) electrons. The molecule has 1 saturated carbocycles. The standard InChI is InChI=1S/C15H20ClNO3S/c1-2-20-12-8-11(18)15(12)3-5-17(6-4-15)14(19)10-7-13(16)21-9-10/h7,9,11-12,18H,2-6,8H2,1H3/t11-,12+/m0/s1. The molecule has 1 aromatic heterocycles. The van der Waals surface area contributed by atoms with Gasteiger partial charge in [0.2, 0.25) is 0 Å². The largest absolute Gasteiger partial charge is 0.392 e. The van der Waals surface area contributed by atoms with E-state index in [1.165, 1.54) is 11.3 Å². The first-order valence-electron chi connectivity index (χ1n) is 7.40. The fourth-order valence-corrected chi connectivity index (χ4v) is 4.40. The number of thiophene rings is 1. The minimum Gasteiger partial charge on any atom is -0.392 e. The van der Waals surface area contributed by atoms with Gasteiger partial charge < -0.3 is 14.7 Å². The lowest BCUT2D eigenvalue weighted by atomic mass is 9.58. The molecule has 1 saturated heterocycles. The number of halogens is 1. The highest BCUT2D eigenvalue weighted by Gasteiger charge is 2.56. The number of nitrogens with zero attached hydrogens (tertiary/aromatic N) is 1. The van der Waals surface area contributed by atoms with Crippen LogP contribution in [0.15, 0.2) is 11.4 Å². The Bertz CT molecular complexity index is 523. The van der Waals surface area contributed by atoms with E-state index in [0.29, 0.717) is 29.6 Å². The summed E-state index contributed by atoms with van der Waals surface area (Å²) in [4.78, 5) is 14.3. The van der Waals surface area contributed by atoms with Gasteiger partial charge in [-0.25, -0.2) is 0 Å². The van der Waals surface area contributed by atoms with E-state index >= 15 is 0 Å². The van der Waals surface area contributed by atoms with Crippen molar-refractivity contribution in [3.8, 4) is 0 Å². The van der Waals surface area contributed by atoms with E-state index in [0.717, 1.165) is 19.3 Å². The summed E-state index contributed by atoms with van der Waals surface area (Å²) in [5.41, 5.74) is 0.524. The van der Waals surface area contributed by atoms with Gasteiger partial charge >= 0.3 is 0 Å². The molecule has 21 heavy (non-hydrogen) atoms. The molecule has 1 amide bonds. The van der Waals surface area contributed by atoms with Crippen LogP contribution in [-0.2, 0) is 4.74 Å². The maximum absolute atomic E-state index is 12.4. The SMILES string of the molecule is CCO[C@@H]1C[C@H](O)C12CCN(C(=O)c1csc(Cl)c1)CC2. The molecule has 1 aliphatic heterocycles. The zero-order chi connectivity index (χ0) is 15.0. The van der Waals surface area contributed by atoms with Crippen molar-refractivity contribution in [3.63, 3.8) is 0 Å². The molecule has 1 spiro atoms. The van der Waals surface area contributed by atoms with E-state index in [-0.39, 0.29) is 23.5 Å². The molecule has 6 heteroatoms. The molecule has 3 rings (SSSR count). The van der Waals surface area contributed by atoms with E-state index in [1.54, 1.807) is 11.4 Å². The van der Waals surface area contributed by atoms with Crippen LogP contribution in [0.3, 0.4) is 0 Å². The Hall–Kier alpha value is -0.620. The summed E-state index contributed by atoms with van der Waals surface area (Å²) in [6, 6.07) is 1.72. The molecule has 0 bridgehead atoms. The predicted molar refractivity (Wildman–Crippen MR) is 82.9 cm³/mol. The van der Waals surface area contributed by atoms with Gasteiger partial charge in [-0.2, -0.15) is 0 Å². The second-order valence-corrected chi connectivity index (χ2v) is 7.40. The van der Waals surface area contributed by atoms with Crippen molar-refractivity contribution in [1.29, 1.82) is 0 Å². The van der Waals surface area contributed by atoms with Crippen molar-refractivity contribution < 1.29 is 14.6 Å². The second kappa shape index (κ2) is 5.88. The topological polar surface area (TPSA) is 49.8 Å². The Labute approximate surface area is 133 Å². The number of amides is 1. The summed E-state index contributed by atoms with van der Waals surface area (Å²) < 4.78 is 6.38. The molecule has 2 aliphatic rings. The van der Waals surface area contributed by atoms with Gasteiger partial charge in [0.15, 0.2) is 0 Å². The van der Waals surface area contributed by atoms with Gasteiger partial charge in [0.05, 0.1) is 22.1 Å². The molecular weight excluding hydrogens is 310 g/mol. The van der Waals surface area contributed by atoms with Crippen LogP contribution in [0.2, 0.25) is 4.34 Å². The van der Waals surface area contributed by atoms with Crippen LogP contribution in [0.5, 0.6) is 0 Å². The Morgan fingerprint density at radius 3 is 2.81 bits per heavy atom. The highest BCUT2D eigenvalue weighted by Crippen LogP contribution is 2.51. The monoisotopic (exact) mass is 329 g/mol. The lowest BCUT2D eigenvalue weighted by molar-refractivity contribution is -0.207. The number of ether oxygens (including phenoxy) is 1. The lowest BCUT2D eigenvalue weighted by Gasteiger charge is -2.56. The highest BCUT2D eigenvalue weighted by molar-refractivity contribution is 7.14. The van der Waals surface area contributed by atoms with Gasteiger partial charge in [-0.3, -0.25) is 4.79 Å². The molecule has 0 unspecified atom stereocenters. The van der Waals surface area contributed by atoms with Crippen LogP contribution in [-0.4, -0.2) is 47.8 Å². The molecule has 116 valence electrons. The summed E-state index contributed by atoms with van der Waals surface area (Å²) in [5.74, 6) is 0.0368. The zero-order valence-corrected chi connectivity index (χ0v) is 13.6. The van der Waals surface area contributed by atoms with Gasteiger partial charge in [-0.15, -0.1) is 11.3 Å². The molecular formula is C15H20ClNO3S. The van der Waals surface area contributed by atoms with E-state index < -0.39 is 0 Å². The minimum absolute atomic E-state index is 0.0368. The van der Waals surface area contributed by atoms with Crippen molar-refractivity contribution in [2.45, 2.75) is 38.4 Å². The third-order valence-electron chi connectivity index (χ3n) is 4.91. The Morgan fingerprint density at radius 2 is 2.29 bits per heavy atom. The van der Waals surface area contributed by atoms with Crippen LogP contribution in [0.4, 0.5) is 0 Å². The maximum atomic E-state index is 12.4. The van der Waals surface area contributed by atoms with E-state index in [4.69, 9.17) is 16.3 Å². The van der Waals surface area contributed by atoms with Gasteiger partial charge in [-0.05, 0) is 25.8 Å². The van der Waals surface area contributed by atoms with E-state index in [1.807, 2.05) is 11.8 Å². The van der Waals surface area contributed by atoms with Gasteiger partial charge in [-0.1, -0.05) is 11.6 Å². The highest BCUT2D eigenvalue weighted by atomic mass is 35.5. The van der Waals surface area contributed by atoms with Gasteiger partial charge in [0.1, 0.15) is 0 Å². The quantitative estimate of drug-likeness (QED) is 0.927. The van der Waals surface area contributed by atoms with Crippen molar-refractivity contribution in [3.05, 3.63) is 21.3 Å². The normalized spacial score (nSPS) is 27.7. The number of likely N-dealkylation sites (tertiary alicyclic amines) is 1. The van der Waals surface area contributed by atoms with Crippen LogP contribution in [0.25, 0.3) is 0 Å². The van der Waals surface area contributed by atoms with Gasteiger partial charge in [0.25, 0.3) is 5.91 Å². The summed E-state index contributed by atoms with van der Waals surface area (Å²) in [6.07, 6.45) is 2.19. The van der Waals surface area contributed by atoms with Crippen LogP contribution in [0, 0.1) is 5.41 Å². The number of piperidine rings is 1. The molecule has 0 aromatic carbocycles. The number of carbonyl (C=O) groups excluding carboxylic acids is 1. The van der Waals surface area contributed by atoms with Crippen molar-refractivity contribution in [2.75, 3.05) is 19.7 Å². The van der Waals surface area contributed by atoms with Crippen molar-refractivity contribution >= 4 is 28.8 Å². The summed E-state index contributed by atoms with van der Waals surface area (Å²) in [6.45, 7) is 4.01. The average Bonchev–Trinajstić information content (AvgIpc) is 2.93. The lowest BCUT2D eigenvalue weighted by Crippen LogP contribution is -2.62. The number of aliphatic hydroxyl groups is 1. The Balaban J connectivity index is 1.63. The van der Waals surface area contributed by atoms with Crippen LogP contribution >= 0.6 is 22.9 Å². The number of aliphatic hydroxyl groups excluding tert-OH is 1. The van der Waals surface area contributed by atoms with Crippen molar-refractivity contribution in [2.24, 2.45) is 5.41 Å². The van der Waals surface area contributed by atoms with Crippen LogP contribution < -0.4 is 0 Å².